The molecular weight excluding hydrogens is 382 g/mol. The average molecular weight is 399 g/mol. The molecule has 2 aromatic carbocycles. The summed E-state index contributed by atoms with van der Waals surface area (Å²) in [7, 11) is 0. The van der Waals surface area contributed by atoms with Gasteiger partial charge >= 0.3 is 0 Å². The summed E-state index contributed by atoms with van der Waals surface area (Å²) in [5.74, 6) is 0.0369. The third-order valence-electron chi connectivity index (χ3n) is 3.04. The Hall–Kier alpha value is -1.71. The molecule has 0 heterocycles. The van der Waals surface area contributed by atoms with Gasteiger partial charge in [0.05, 0.1) is 0 Å². The van der Waals surface area contributed by atoms with Gasteiger partial charge in [-0.15, -0.1) is 0 Å². The molecule has 0 radical (unpaired) electrons. The number of halogens is 2. The summed E-state index contributed by atoms with van der Waals surface area (Å²) in [5.41, 5.74) is 12.2. The van der Waals surface area contributed by atoms with Crippen LogP contribution in [0.2, 0.25) is 0 Å². The first kappa shape index (κ1) is 19.6. The van der Waals surface area contributed by atoms with Gasteiger partial charge in [-0.1, -0.05) is 41.4 Å². The lowest BCUT2D eigenvalue weighted by molar-refractivity contribution is 0.622. The van der Waals surface area contributed by atoms with E-state index in [9.17, 15) is 8.78 Å². The fraction of sp³-hybridized carbons (Fsp3) is 0.125. The highest BCUT2D eigenvalue weighted by Crippen LogP contribution is 2.36. The number of nitrogens with two attached hydrogens (primary N) is 2. The molecule has 0 aromatic heterocycles. The van der Waals surface area contributed by atoms with Crippen LogP contribution in [-0.4, -0.2) is 10.3 Å². The number of rotatable bonds is 6. The molecule has 0 aliphatic heterocycles. The van der Waals surface area contributed by atoms with E-state index >= 15 is 0 Å². The average Bonchev–Trinajstić information content (AvgIpc) is 2.54. The molecule has 6 N–H and O–H groups in total. The maximum Gasteiger partial charge on any atom is 0.151 e. The highest BCUT2D eigenvalue weighted by molar-refractivity contribution is 8.13. The van der Waals surface area contributed by atoms with Crippen molar-refractivity contribution in [1.29, 1.82) is 10.8 Å². The minimum atomic E-state index is -0.380. The van der Waals surface area contributed by atoms with Crippen LogP contribution in [0.15, 0.2) is 46.2 Å². The predicted molar refractivity (Wildman–Crippen MR) is 103 cm³/mol. The summed E-state index contributed by atoms with van der Waals surface area (Å²) >= 11 is 3.56. The maximum absolute atomic E-state index is 13.7. The van der Waals surface area contributed by atoms with Crippen LogP contribution in [0, 0.1) is 22.5 Å². The van der Waals surface area contributed by atoms with Gasteiger partial charge < -0.3 is 11.5 Å². The highest BCUT2D eigenvalue weighted by atomic mass is 32.2. The summed E-state index contributed by atoms with van der Waals surface area (Å²) in [6.45, 7) is 0. The summed E-state index contributed by atoms with van der Waals surface area (Å²) in [4.78, 5) is 1.43. The van der Waals surface area contributed by atoms with E-state index < -0.39 is 0 Å². The number of hydrogen-bond acceptors (Lipinski definition) is 5. The van der Waals surface area contributed by atoms with Gasteiger partial charge in [0.25, 0.3) is 0 Å². The molecule has 2 aromatic rings. The van der Waals surface area contributed by atoms with E-state index in [-0.39, 0.29) is 22.0 Å². The SMILES string of the molecule is N=C(N)SCc1cc(F)ccc1Sc1cc(F)ccc1CSC(=N)N. The monoisotopic (exact) mass is 398 g/mol. The van der Waals surface area contributed by atoms with Gasteiger partial charge in [0, 0.05) is 21.3 Å². The van der Waals surface area contributed by atoms with E-state index in [4.69, 9.17) is 22.3 Å². The molecule has 0 fully saturated rings. The van der Waals surface area contributed by atoms with Crippen LogP contribution in [0.3, 0.4) is 0 Å². The van der Waals surface area contributed by atoms with Gasteiger partial charge in [-0.05, 0) is 41.5 Å². The van der Waals surface area contributed by atoms with Gasteiger partial charge in [-0.3, -0.25) is 10.8 Å². The van der Waals surface area contributed by atoms with Crippen LogP contribution in [0.4, 0.5) is 8.78 Å². The Balaban J connectivity index is 2.30. The molecule has 0 saturated carbocycles. The zero-order chi connectivity index (χ0) is 18.4. The third-order valence-corrected chi connectivity index (χ3v) is 5.79. The lowest BCUT2D eigenvalue weighted by Gasteiger charge is -2.12. The molecule has 4 nitrogen and oxygen atoms in total. The molecule has 132 valence electrons. The topological polar surface area (TPSA) is 99.7 Å². The summed E-state index contributed by atoms with van der Waals surface area (Å²) in [6.07, 6.45) is 0. The molecule has 0 aliphatic rings. The Morgan fingerprint density at radius 3 is 2.00 bits per heavy atom. The Kier molecular flexibility index (Phi) is 7.15. The van der Waals surface area contributed by atoms with E-state index in [0.717, 1.165) is 34.0 Å². The number of thioether (sulfide) groups is 2. The van der Waals surface area contributed by atoms with E-state index in [2.05, 4.69) is 0 Å². The minimum absolute atomic E-state index is 0.0133. The van der Waals surface area contributed by atoms with Gasteiger partial charge in [0.2, 0.25) is 0 Å². The quantitative estimate of drug-likeness (QED) is 0.428. The lowest BCUT2D eigenvalue weighted by Crippen LogP contribution is -2.04. The van der Waals surface area contributed by atoms with E-state index in [0.29, 0.717) is 22.0 Å². The molecule has 0 bridgehead atoms. The number of amidine groups is 2. The van der Waals surface area contributed by atoms with Crippen molar-refractivity contribution < 1.29 is 8.78 Å². The van der Waals surface area contributed by atoms with Gasteiger partial charge in [0.1, 0.15) is 11.6 Å². The van der Waals surface area contributed by atoms with E-state index in [1.165, 1.54) is 36.0 Å². The molecule has 0 aliphatic carbocycles. The van der Waals surface area contributed by atoms with Crippen molar-refractivity contribution in [2.75, 3.05) is 0 Å². The van der Waals surface area contributed by atoms with Crippen LogP contribution in [0.1, 0.15) is 11.1 Å². The van der Waals surface area contributed by atoms with Crippen molar-refractivity contribution in [2.45, 2.75) is 21.3 Å². The molecule has 0 saturated heterocycles. The Morgan fingerprint density at radius 1 is 0.800 bits per heavy atom. The number of benzene rings is 2. The minimum Gasteiger partial charge on any atom is -0.379 e. The molecule has 0 unspecified atom stereocenters. The van der Waals surface area contributed by atoms with Crippen LogP contribution >= 0.6 is 35.3 Å². The van der Waals surface area contributed by atoms with Crippen molar-refractivity contribution >= 4 is 45.6 Å². The predicted octanol–water partition coefficient (Wildman–Crippen LogP) is 4.37. The molecule has 0 amide bonds. The standard InChI is InChI=1S/C16H16F2N4S3/c17-11-3-4-13(10(5-11)8-24-16(21)22)25-14-6-12(18)2-1-9(14)7-23-15(19)20/h1-6H,7-8H2,(H3,19,20)(H3,21,22). The van der Waals surface area contributed by atoms with Crippen LogP contribution in [0.25, 0.3) is 0 Å². The number of hydrogen-bond donors (Lipinski definition) is 4. The third kappa shape index (κ3) is 6.26. The molecular formula is C16H16F2N4S3. The Bertz CT molecular complexity index is 799. The van der Waals surface area contributed by atoms with Crippen LogP contribution < -0.4 is 11.5 Å². The van der Waals surface area contributed by atoms with E-state index in [1.54, 1.807) is 12.1 Å². The highest BCUT2D eigenvalue weighted by Gasteiger charge is 2.12. The van der Waals surface area contributed by atoms with Crippen molar-refractivity contribution in [3.63, 3.8) is 0 Å². The summed E-state index contributed by atoms with van der Waals surface area (Å²) in [6, 6.07) is 8.78. The fourth-order valence-electron chi connectivity index (χ4n) is 1.93. The second kappa shape index (κ2) is 9.12. The van der Waals surface area contributed by atoms with Crippen molar-refractivity contribution in [3.05, 3.63) is 59.2 Å². The van der Waals surface area contributed by atoms with Crippen LogP contribution in [0.5, 0.6) is 0 Å². The first-order valence-corrected chi connectivity index (χ1v) is 9.82. The van der Waals surface area contributed by atoms with E-state index in [1.807, 2.05) is 0 Å². The molecule has 0 atom stereocenters. The molecule has 0 spiro atoms. The summed E-state index contributed by atoms with van der Waals surface area (Å²) < 4.78 is 27.2. The smallest absolute Gasteiger partial charge is 0.151 e. The first-order chi connectivity index (χ1) is 11.8. The first-order valence-electron chi connectivity index (χ1n) is 7.03. The fourth-order valence-corrected chi connectivity index (χ4v) is 4.31. The Labute approximate surface area is 157 Å². The van der Waals surface area contributed by atoms with Crippen molar-refractivity contribution in [2.24, 2.45) is 11.5 Å². The van der Waals surface area contributed by atoms with Gasteiger partial charge in [-0.25, -0.2) is 8.78 Å². The Morgan fingerprint density at radius 2 is 1.36 bits per heavy atom. The normalized spacial score (nSPS) is 10.6. The zero-order valence-corrected chi connectivity index (χ0v) is 15.5. The number of nitrogens with one attached hydrogen (secondary N) is 2. The molecule has 9 heteroatoms. The van der Waals surface area contributed by atoms with Crippen molar-refractivity contribution in [3.8, 4) is 0 Å². The molecule has 2 rings (SSSR count). The lowest BCUT2D eigenvalue weighted by atomic mass is 10.2. The van der Waals surface area contributed by atoms with Gasteiger partial charge in [-0.2, -0.15) is 0 Å². The largest absolute Gasteiger partial charge is 0.379 e. The second-order valence-electron chi connectivity index (χ2n) is 4.91. The zero-order valence-electron chi connectivity index (χ0n) is 13.0. The van der Waals surface area contributed by atoms with Gasteiger partial charge in [0.15, 0.2) is 10.3 Å². The maximum atomic E-state index is 13.7. The summed E-state index contributed by atoms with van der Waals surface area (Å²) in [5, 5.41) is 14.6. The molecule has 25 heavy (non-hydrogen) atoms. The van der Waals surface area contributed by atoms with Crippen LogP contribution in [-0.2, 0) is 11.5 Å². The second-order valence-corrected chi connectivity index (χ2v) is 8.03. The van der Waals surface area contributed by atoms with Crippen molar-refractivity contribution in [1.82, 2.24) is 0 Å².